The van der Waals surface area contributed by atoms with Gasteiger partial charge in [-0.3, -0.25) is 4.90 Å². The molecule has 0 radical (unpaired) electrons. The van der Waals surface area contributed by atoms with Gasteiger partial charge in [0, 0.05) is 19.1 Å². The average Bonchev–Trinajstić information content (AvgIpc) is 2.41. The molecule has 1 heterocycles. The first kappa shape index (κ1) is 14.0. The monoisotopic (exact) mass is 261 g/mol. The second-order valence-corrected chi connectivity index (χ2v) is 5.40. The van der Waals surface area contributed by atoms with Gasteiger partial charge in [-0.25, -0.2) is 4.39 Å². The quantitative estimate of drug-likeness (QED) is 0.908. The minimum atomic E-state index is -0.288. The molecule has 0 aliphatic carbocycles. The third-order valence-corrected chi connectivity index (χ3v) is 3.93. The van der Waals surface area contributed by atoms with E-state index in [1.165, 1.54) is 12.1 Å². The summed E-state index contributed by atoms with van der Waals surface area (Å²) in [6, 6.07) is 6.81. The number of halogens is 1. The fourth-order valence-corrected chi connectivity index (χ4v) is 2.77. The lowest BCUT2D eigenvalue weighted by Crippen LogP contribution is -2.45. The van der Waals surface area contributed by atoms with Crippen LogP contribution in [0.2, 0.25) is 0 Å². The van der Waals surface area contributed by atoms with Crippen molar-refractivity contribution in [2.24, 2.45) is 11.7 Å². The maximum absolute atomic E-state index is 13.3. The topological polar surface area (TPSA) is 53.0 Å². The number of nitrogens with two attached hydrogens (primary N) is 1. The normalized spacial score (nSPS) is 24.1. The van der Waals surface area contributed by atoms with Crippen molar-refractivity contribution in [3.05, 3.63) is 35.1 Å². The number of hydrogen-bond acceptors (Lipinski definition) is 3. The van der Waals surface area contributed by atoms with Gasteiger partial charge in [0.05, 0.1) is 11.6 Å². The smallest absolute Gasteiger partial charge is 0.123 e. The molecule has 0 saturated carbocycles. The van der Waals surface area contributed by atoms with Crippen molar-refractivity contribution < 1.29 is 4.39 Å². The van der Waals surface area contributed by atoms with Crippen LogP contribution in [0.25, 0.3) is 0 Å². The highest BCUT2D eigenvalue weighted by Gasteiger charge is 2.25. The molecule has 2 N–H and O–H groups in total. The maximum atomic E-state index is 13.3. The minimum Gasteiger partial charge on any atom is -0.329 e. The first-order chi connectivity index (χ1) is 9.13. The molecule has 0 aromatic heterocycles. The molecule has 1 aromatic carbocycles. The van der Waals surface area contributed by atoms with E-state index < -0.39 is 0 Å². The van der Waals surface area contributed by atoms with Crippen LogP contribution in [0.1, 0.15) is 30.9 Å². The van der Waals surface area contributed by atoms with Crippen molar-refractivity contribution in [1.29, 1.82) is 5.26 Å². The van der Waals surface area contributed by atoms with Gasteiger partial charge < -0.3 is 5.73 Å². The van der Waals surface area contributed by atoms with Gasteiger partial charge in [-0.2, -0.15) is 5.26 Å². The zero-order valence-electron chi connectivity index (χ0n) is 11.3. The molecule has 3 nitrogen and oxygen atoms in total. The van der Waals surface area contributed by atoms with E-state index in [0.29, 0.717) is 30.6 Å². The zero-order chi connectivity index (χ0) is 13.8. The largest absolute Gasteiger partial charge is 0.329 e. The third kappa shape index (κ3) is 3.31. The van der Waals surface area contributed by atoms with Gasteiger partial charge in [0.1, 0.15) is 5.82 Å². The number of hydrogen-bond donors (Lipinski definition) is 1. The average molecular weight is 261 g/mol. The van der Waals surface area contributed by atoms with Crippen LogP contribution in [0.15, 0.2) is 18.2 Å². The van der Waals surface area contributed by atoms with E-state index in [9.17, 15) is 4.39 Å². The molecular weight excluding hydrogens is 241 g/mol. The Balaban J connectivity index is 2.16. The summed E-state index contributed by atoms with van der Waals surface area (Å²) in [4.78, 5) is 2.27. The second kappa shape index (κ2) is 6.14. The van der Waals surface area contributed by atoms with Gasteiger partial charge in [0.25, 0.3) is 0 Å². The Hall–Kier alpha value is -1.44. The Kier molecular flexibility index (Phi) is 4.52. The maximum Gasteiger partial charge on any atom is 0.123 e. The van der Waals surface area contributed by atoms with E-state index in [0.717, 1.165) is 24.9 Å². The summed E-state index contributed by atoms with van der Waals surface area (Å²) in [5, 5.41) is 9.09. The summed E-state index contributed by atoms with van der Waals surface area (Å²) in [6.07, 6.45) is 2.21. The number of rotatable bonds is 3. The summed E-state index contributed by atoms with van der Waals surface area (Å²) in [7, 11) is 0. The summed E-state index contributed by atoms with van der Waals surface area (Å²) in [5.74, 6) is 0.399. The van der Waals surface area contributed by atoms with Crippen molar-refractivity contribution in [3.8, 4) is 6.07 Å². The van der Waals surface area contributed by atoms with Crippen LogP contribution >= 0.6 is 0 Å². The first-order valence-corrected chi connectivity index (χ1v) is 6.76. The predicted molar refractivity (Wildman–Crippen MR) is 72.8 cm³/mol. The fourth-order valence-electron chi connectivity index (χ4n) is 2.77. The van der Waals surface area contributed by atoms with E-state index in [1.54, 1.807) is 6.07 Å². The Labute approximate surface area is 113 Å². The molecule has 2 atom stereocenters. The zero-order valence-corrected chi connectivity index (χ0v) is 11.3. The predicted octanol–water partition coefficient (Wildman–Crippen LogP) is 2.26. The molecule has 1 aliphatic heterocycles. The van der Waals surface area contributed by atoms with E-state index >= 15 is 0 Å². The number of piperidine rings is 1. The molecule has 19 heavy (non-hydrogen) atoms. The van der Waals surface area contributed by atoms with Crippen LogP contribution in [-0.4, -0.2) is 24.0 Å². The SMILES string of the molecule is CC1CCN(Cc2cc(F)ccc2C#N)C(CN)C1. The molecule has 2 unspecified atom stereocenters. The van der Waals surface area contributed by atoms with Crippen molar-refractivity contribution in [3.63, 3.8) is 0 Å². The van der Waals surface area contributed by atoms with Crippen LogP contribution in [-0.2, 0) is 6.54 Å². The molecule has 0 bridgehead atoms. The first-order valence-electron chi connectivity index (χ1n) is 6.76. The van der Waals surface area contributed by atoms with Gasteiger partial charge in [-0.05, 0) is 49.1 Å². The molecular formula is C15H20FN3. The second-order valence-electron chi connectivity index (χ2n) is 5.40. The number of nitrogens with zero attached hydrogens (tertiary/aromatic N) is 2. The van der Waals surface area contributed by atoms with Crippen molar-refractivity contribution in [2.45, 2.75) is 32.4 Å². The van der Waals surface area contributed by atoms with Crippen LogP contribution < -0.4 is 5.73 Å². The molecule has 1 saturated heterocycles. The highest BCUT2D eigenvalue weighted by Crippen LogP contribution is 2.24. The van der Waals surface area contributed by atoms with E-state index in [1.807, 2.05) is 0 Å². The highest BCUT2D eigenvalue weighted by atomic mass is 19.1. The lowest BCUT2D eigenvalue weighted by molar-refractivity contribution is 0.115. The lowest BCUT2D eigenvalue weighted by Gasteiger charge is -2.38. The van der Waals surface area contributed by atoms with Crippen LogP contribution in [0.5, 0.6) is 0 Å². The molecule has 0 amide bonds. The Bertz CT molecular complexity index is 481. The molecule has 1 fully saturated rings. The standard InChI is InChI=1S/C15H20FN3/c1-11-4-5-19(15(6-11)9-18)10-13-7-14(16)3-2-12(13)8-17/h2-3,7,11,15H,4-6,9-10,18H2,1H3. The molecule has 1 aromatic rings. The molecule has 4 heteroatoms. The molecule has 1 aliphatic rings. The van der Waals surface area contributed by atoms with Crippen molar-refractivity contribution >= 4 is 0 Å². The van der Waals surface area contributed by atoms with E-state index in [-0.39, 0.29) is 5.82 Å². The van der Waals surface area contributed by atoms with Crippen molar-refractivity contribution in [1.82, 2.24) is 4.90 Å². The van der Waals surface area contributed by atoms with Gasteiger partial charge >= 0.3 is 0 Å². The molecule has 102 valence electrons. The Morgan fingerprint density at radius 3 is 3.00 bits per heavy atom. The Morgan fingerprint density at radius 2 is 2.32 bits per heavy atom. The fraction of sp³-hybridized carbons (Fsp3) is 0.533. The van der Waals surface area contributed by atoms with Gasteiger partial charge in [-0.15, -0.1) is 0 Å². The van der Waals surface area contributed by atoms with Gasteiger partial charge in [-0.1, -0.05) is 6.92 Å². The summed E-state index contributed by atoms with van der Waals surface area (Å²) in [6.45, 7) is 4.42. The number of likely N-dealkylation sites (tertiary alicyclic amines) is 1. The molecule has 2 rings (SSSR count). The number of benzene rings is 1. The summed E-state index contributed by atoms with van der Waals surface area (Å²) in [5.41, 5.74) is 7.14. The van der Waals surface area contributed by atoms with Gasteiger partial charge in [0.2, 0.25) is 0 Å². The molecule has 0 spiro atoms. The lowest BCUT2D eigenvalue weighted by atomic mass is 9.91. The Morgan fingerprint density at radius 1 is 1.53 bits per heavy atom. The minimum absolute atomic E-state index is 0.288. The van der Waals surface area contributed by atoms with E-state index in [2.05, 4.69) is 17.9 Å². The van der Waals surface area contributed by atoms with Crippen LogP contribution in [0, 0.1) is 23.1 Å². The van der Waals surface area contributed by atoms with Crippen molar-refractivity contribution in [2.75, 3.05) is 13.1 Å². The summed E-state index contributed by atoms with van der Waals surface area (Å²) >= 11 is 0. The van der Waals surface area contributed by atoms with Gasteiger partial charge in [0.15, 0.2) is 0 Å². The number of nitriles is 1. The van der Waals surface area contributed by atoms with Crippen LogP contribution in [0.3, 0.4) is 0 Å². The van der Waals surface area contributed by atoms with E-state index in [4.69, 9.17) is 11.0 Å². The summed E-state index contributed by atoms with van der Waals surface area (Å²) < 4.78 is 13.3. The van der Waals surface area contributed by atoms with Crippen LogP contribution in [0.4, 0.5) is 4.39 Å². The highest BCUT2D eigenvalue weighted by molar-refractivity contribution is 5.37. The third-order valence-electron chi connectivity index (χ3n) is 3.93.